The molecule has 0 aromatic carbocycles. The molecule has 1 heterocycles. The highest BCUT2D eigenvalue weighted by atomic mass is 16.5. The van der Waals surface area contributed by atoms with E-state index in [0.717, 1.165) is 19.3 Å². The quantitative estimate of drug-likeness (QED) is 0.916. The van der Waals surface area contributed by atoms with Gasteiger partial charge in [0, 0.05) is 12.3 Å². The first-order valence-corrected chi connectivity index (χ1v) is 7.20. The lowest BCUT2D eigenvalue weighted by Crippen LogP contribution is -2.37. The molecule has 2 atom stereocenters. The summed E-state index contributed by atoms with van der Waals surface area (Å²) in [7, 11) is 0. The number of aromatic nitrogens is 2. The molecule has 5 heteroatoms. The van der Waals surface area contributed by atoms with Crippen molar-refractivity contribution in [2.24, 2.45) is 5.92 Å². The van der Waals surface area contributed by atoms with E-state index >= 15 is 0 Å². The zero-order valence-corrected chi connectivity index (χ0v) is 12.3. The minimum atomic E-state index is -1.02. The topological polar surface area (TPSA) is 72.3 Å². The Morgan fingerprint density at radius 2 is 2.30 bits per heavy atom. The van der Waals surface area contributed by atoms with Crippen molar-refractivity contribution >= 4 is 5.97 Å². The molecule has 1 aliphatic carbocycles. The number of carbonyl (C=O) groups is 1. The van der Waals surface area contributed by atoms with Crippen molar-refractivity contribution in [3.05, 3.63) is 23.3 Å². The lowest BCUT2D eigenvalue weighted by Gasteiger charge is -2.38. The van der Waals surface area contributed by atoms with Crippen LogP contribution in [0.4, 0.5) is 0 Å². The molecule has 1 aromatic rings. The number of rotatable bonds is 4. The number of ether oxygens (including phenoxy) is 1. The van der Waals surface area contributed by atoms with Gasteiger partial charge in [0.2, 0.25) is 0 Å². The van der Waals surface area contributed by atoms with Crippen LogP contribution in [0.15, 0.2) is 6.07 Å². The minimum Gasteiger partial charge on any atom is -0.477 e. The molecule has 0 aliphatic heterocycles. The molecule has 0 amide bonds. The number of aromatic carboxylic acids is 1. The summed E-state index contributed by atoms with van der Waals surface area (Å²) in [5.41, 5.74) is 0.192. The van der Waals surface area contributed by atoms with Gasteiger partial charge in [-0.1, -0.05) is 13.3 Å². The van der Waals surface area contributed by atoms with Gasteiger partial charge in [-0.2, -0.15) is 0 Å². The third-order valence-corrected chi connectivity index (χ3v) is 3.86. The van der Waals surface area contributed by atoms with Gasteiger partial charge in [0.25, 0.3) is 0 Å². The second kappa shape index (κ2) is 5.87. The Kier molecular flexibility index (Phi) is 4.38. The van der Waals surface area contributed by atoms with E-state index in [0.29, 0.717) is 24.0 Å². The minimum absolute atomic E-state index is 0.0461. The van der Waals surface area contributed by atoms with Gasteiger partial charge in [0.05, 0.1) is 0 Å². The summed E-state index contributed by atoms with van der Waals surface area (Å²) in [6.45, 7) is 6.52. The standard InChI is InChI=1S/C15H22N2O3/c1-4-20-15(7-5-6-10(2)9-15)14-16-11(3)8-12(17-14)13(18)19/h8,10H,4-7,9H2,1-3H3,(H,18,19). The first kappa shape index (κ1) is 14.9. The van der Waals surface area contributed by atoms with E-state index in [2.05, 4.69) is 16.9 Å². The molecule has 2 unspecified atom stereocenters. The number of aryl methyl sites for hydroxylation is 1. The van der Waals surface area contributed by atoms with Gasteiger partial charge in [0.15, 0.2) is 11.5 Å². The number of hydrogen-bond acceptors (Lipinski definition) is 4. The van der Waals surface area contributed by atoms with Crippen molar-refractivity contribution in [3.63, 3.8) is 0 Å². The van der Waals surface area contributed by atoms with Gasteiger partial charge in [0.1, 0.15) is 5.60 Å². The molecule has 0 saturated heterocycles. The first-order chi connectivity index (χ1) is 9.47. The molecule has 1 aromatic heterocycles. The van der Waals surface area contributed by atoms with E-state index < -0.39 is 11.6 Å². The Labute approximate surface area is 119 Å². The van der Waals surface area contributed by atoms with Gasteiger partial charge >= 0.3 is 5.97 Å². The Morgan fingerprint density at radius 1 is 1.55 bits per heavy atom. The Hall–Kier alpha value is -1.49. The predicted molar refractivity (Wildman–Crippen MR) is 74.7 cm³/mol. The van der Waals surface area contributed by atoms with Crippen LogP contribution >= 0.6 is 0 Å². The second-order valence-electron chi connectivity index (χ2n) is 5.65. The van der Waals surface area contributed by atoms with Crippen LogP contribution in [0.25, 0.3) is 0 Å². The maximum atomic E-state index is 11.2. The van der Waals surface area contributed by atoms with Gasteiger partial charge in [-0.15, -0.1) is 0 Å². The van der Waals surface area contributed by atoms with E-state index in [1.807, 2.05) is 6.92 Å². The molecular formula is C15H22N2O3. The van der Waals surface area contributed by atoms with Gasteiger partial charge in [-0.05, 0) is 45.1 Å². The lowest BCUT2D eigenvalue weighted by atomic mass is 9.78. The van der Waals surface area contributed by atoms with Crippen LogP contribution < -0.4 is 0 Å². The lowest BCUT2D eigenvalue weighted by molar-refractivity contribution is -0.0882. The Bertz CT molecular complexity index is 500. The summed E-state index contributed by atoms with van der Waals surface area (Å²) in [5.74, 6) is 0.0447. The zero-order chi connectivity index (χ0) is 14.8. The van der Waals surface area contributed by atoms with E-state index in [-0.39, 0.29) is 5.69 Å². The molecule has 1 aliphatic rings. The summed E-state index contributed by atoms with van der Waals surface area (Å²) in [6, 6.07) is 1.50. The number of carboxylic acids is 1. The summed E-state index contributed by atoms with van der Waals surface area (Å²) in [4.78, 5) is 19.9. The monoisotopic (exact) mass is 278 g/mol. The molecule has 1 saturated carbocycles. The molecule has 110 valence electrons. The predicted octanol–water partition coefficient (Wildman–Crippen LogP) is 2.93. The third kappa shape index (κ3) is 2.98. The van der Waals surface area contributed by atoms with Crippen molar-refractivity contribution in [2.75, 3.05) is 6.61 Å². The number of hydrogen-bond donors (Lipinski definition) is 1. The average molecular weight is 278 g/mol. The van der Waals surface area contributed by atoms with Gasteiger partial charge in [-0.3, -0.25) is 0 Å². The van der Waals surface area contributed by atoms with Crippen molar-refractivity contribution in [2.45, 2.75) is 52.1 Å². The van der Waals surface area contributed by atoms with Crippen LogP contribution in [0.2, 0.25) is 0 Å². The third-order valence-electron chi connectivity index (χ3n) is 3.86. The fourth-order valence-electron chi connectivity index (χ4n) is 3.06. The largest absolute Gasteiger partial charge is 0.477 e. The highest BCUT2D eigenvalue weighted by Gasteiger charge is 2.40. The molecule has 2 rings (SSSR count). The van der Waals surface area contributed by atoms with Crippen LogP contribution in [0.1, 0.15) is 61.5 Å². The fraction of sp³-hybridized carbons (Fsp3) is 0.667. The fourth-order valence-corrected chi connectivity index (χ4v) is 3.06. The van der Waals surface area contributed by atoms with Crippen LogP contribution in [0, 0.1) is 12.8 Å². The van der Waals surface area contributed by atoms with E-state index in [1.54, 1.807) is 6.92 Å². The molecule has 1 N–H and O–H groups in total. The summed E-state index contributed by atoms with van der Waals surface area (Å²) in [5, 5.41) is 9.17. The van der Waals surface area contributed by atoms with E-state index in [4.69, 9.17) is 9.84 Å². The van der Waals surface area contributed by atoms with Gasteiger partial charge in [-0.25, -0.2) is 14.8 Å². The maximum Gasteiger partial charge on any atom is 0.354 e. The maximum absolute atomic E-state index is 11.2. The molecule has 0 bridgehead atoms. The Morgan fingerprint density at radius 3 is 2.90 bits per heavy atom. The first-order valence-electron chi connectivity index (χ1n) is 7.20. The molecule has 5 nitrogen and oxygen atoms in total. The SMILES string of the molecule is CCOC1(c2nc(C)cc(C(=O)O)n2)CCCC(C)C1. The normalized spacial score (nSPS) is 26.4. The average Bonchev–Trinajstić information content (AvgIpc) is 2.38. The van der Waals surface area contributed by atoms with Crippen LogP contribution in [0.5, 0.6) is 0 Å². The number of nitrogens with zero attached hydrogens (tertiary/aromatic N) is 2. The number of carboxylic acid groups (broad SMARTS) is 1. The van der Waals surface area contributed by atoms with Crippen LogP contribution in [-0.4, -0.2) is 27.7 Å². The van der Waals surface area contributed by atoms with E-state index in [1.165, 1.54) is 12.5 Å². The van der Waals surface area contributed by atoms with E-state index in [9.17, 15) is 4.79 Å². The molecule has 0 spiro atoms. The van der Waals surface area contributed by atoms with Crippen LogP contribution in [-0.2, 0) is 10.3 Å². The smallest absolute Gasteiger partial charge is 0.354 e. The van der Waals surface area contributed by atoms with Crippen molar-refractivity contribution < 1.29 is 14.6 Å². The highest BCUT2D eigenvalue weighted by molar-refractivity contribution is 5.85. The second-order valence-corrected chi connectivity index (χ2v) is 5.65. The molecule has 1 fully saturated rings. The summed E-state index contributed by atoms with van der Waals surface area (Å²) in [6.07, 6.45) is 3.93. The molecular weight excluding hydrogens is 256 g/mol. The molecule has 0 radical (unpaired) electrons. The van der Waals surface area contributed by atoms with Crippen molar-refractivity contribution in [1.29, 1.82) is 0 Å². The summed E-state index contributed by atoms with van der Waals surface area (Å²) >= 11 is 0. The summed E-state index contributed by atoms with van der Waals surface area (Å²) < 4.78 is 6.00. The Balaban J connectivity index is 2.45. The van der Waals surface area contributed by atoms with Crippen molar-refractivity contribution in [1.82, 2.24) is 9.97 Å². The molecule has 20 heavy (non-hydrogen) atoms. The van der Waals surface area contributed by atoms with Crippen LogP contribution in [0.3, 0.4) is 0 Å². The highest BCUT2D eigenvalue weighted by Crippen LogP contribution is 2.41. The van der Waals surface area contributed by atoms with Gasteiger partial charge < -0.3 is 9.84 Å². The van der Waals surface area contributed by atoms with Crippen molar-refractivity contribution in [3.8, 4) is 0 Å². The zero-order valence-electron chi connectivity index (χ0n) is 12.3.